The standard InChI is InChI=1S/C15H16N2O3/c1-3-14-13(10-16(2)11-18)15(19)17(20-14)9-12-7-5-4-6-8-12/h3-8,10-11H,9H2,1-2H3/b13-10+,14-3+. The summed E-state index contributed by atoms with van der Waals surface area (Å²) in [5, 5.41) is 0.373. The summed E-state index contributed by atoms with van der Waals surface area (Å²) in [4.78, 5) is 24.2. The van der Waals surface area contributed by atoms with E-state index in [1.165, 1.54) is 15.8 Å². The third-order valence-electron chi connectivity index (χ3n) is 2.86. The predicted molar refractivity (Wildman–Crippen MR) is 76.2 cm³/mol. The smallest absolute Gasteiger partial charge is 0.292 e. The normalized spacial score (nSPS) is 12.7. The van der Waals surface area contributed by atoms with E-state index in [1.54, 1.807) is 20.0 Å². The first-order valence-electron chi connectivity index (χ1n) is 6.25. The number of aromatic nitrogens is 1. The fourth-order valence-electron chi connectivity index (χ4n) is 1.86. The molecule has 1 amide bonds. The number of carbonyl (C=O) groups excluding carboxylic acids is 1. The molecule has 1 aromatic carbocycles. The van der Waals surface area contributed by atoms with Gasteiger partial charge in [-0.3, -0.25) is 9.59 Å². The van der Waals surface area contributed by atoms with Gasteiger partial charge in [-0.2, -0.15) is 4.74 Å². The molecule has 1 heterocycles. The minimum absolute atomic E-state index is 0.254. The van der Waals surface area contributed by atoms with E-state index in [0.29, 0.717) is 23.6 Å². The second kappa shape index (κ2) is 6.06. The maximum Gasteiger partial charge on any atom is 0.292 e. The maximum absolute atomic E-state index is 12.3. The van der Waals surface area contributed by atoms with Gasteiger partial charge in [0, 0.05) is 13.2 Å². The maximum atomic E-state index is 12.3. The highest BCUT2D eigenvalue weighted by Crippen LogP contribution is 1.98. The van der Waals surface area contributed by atoms with Gasteiger partial charge in [0.2, 0.25) is 6.41 Å². The largest absolute Gasteiger partial charge is 0.376 e. The van der Waals surface area contributed by atoms with Crippen LogP contribution < -0.4 is 16.2 Å². The summed E-state index contributed by atoms with van der Waals surface area (Å²) in [6.07, 6.45) is 3.80. The van der Waals surface area contributed by atoms with Crippen LogP contribution in [0.5, 0.6) is 0 Å². The summed E-state index contributed by atoms with van der Waals surface area (Å²) in [7, 11) is 1.57. The van der Waals surface area contributed by atoms with Crippen LogP contribution in [0.2, 0.25) is 0 Å². The van der Waals surface area contributed by atoms with E-state index in [4.69, 9.17) is 4.52 Å². The molecular formula is C15H16N2O3. The van der Waals surface area contributed by atoms with Gasteiger partial charge in [-0.1, -0.05) is 30.3 Å². The lowest BCUT2D eigenvalue weighted by Gasteiger charge is -1.99. The Morgan fingerprint density at radius 1 is 1.30 bits per heavy atom. The van der Waals surface area contributed by atoms with Crippen molar-refractivity contribution >= 4 is 18.7 Å². The minimum Gasteiger partial charge on any atom is -0.376 e. The molecule has 0 saturated carbocycles. The fraction of sp³-hybridized carbons (Fsp3) is 0.200. The minimum atomic E-state index is -0.254. The van der Waals surface area contributed by atoms with Crippen molar-refractivity contribution in [3.63, 3.8) is 0 Å². The van der Waals surface area contributed by atoms with Crippen molar-refractivity contribution in [1.29, 1.82) is 0 Å². The number of benzene rings is 1. The van der Waals surface area contributed by atoms with E-state index in [-0.39, 0.29) is 5.56 Å². The molecule has 0 fully saturated rings. The number of carbonyl (C=O) groups is 1. The van der Waals surface area contributed by atoms with Crippen LogP contribution in [0.1, 0.15) is 12.5 Å². The highest BCUT2D eigenvalue weighted by molar-refractivity contribution is 5.54. The average molecular weight is 272 g/mol. The van der Waals surface area contributed by atoms with Gasteiger partial charge < -0.3 is 9.42 Å². The highest BCUT2D eigenvalue weighted by atomic mass is 16.5. The first kappa shape index (κ1) is 13.9. The van der Waals surface area contributed by atoms with Crippen LogP contribution in [0.25, 0.3) is 12.3 Å². The van der Waals surface area contributed by atoms with Gasteiger partial charge in [-0.15, -0.1) is 0 Å². The molecule has 0 radical (unpaired) electrons. The van der Waals surface area contributed by atoms with Crippen LogP contribution in [-0.4, -0.2) is 23.1 Å². The van der Waals surface area contributed by atoms with E-state index < -0.39 is 0 Å². The number of nitrogens with zero attached hydrogens (tertiary/aromatic N) is 2. The molecule has 5 nitrogen and oxygen atoms in total. The summed E-state index contributed by atoms with van der Waals surface area (Å²) in [5.74, 6) is 0. The van der Waals surface area contributed by atoms with E-state index >= 15 is 0 Å². The Morgan fingerprint density at radius 3 is 2.60 bits per heavy atom. The molecule has 0 atom stereocenters. The summed E-state index contributed by atoms with van der Waals surface area (Å²) in [5.41, 5.74) is 1.18. The third-order valence-corrected chi connectivity index (χ3v) is 2.86. The Bertz CT molecular complexity index is 757. The Morgan fingerprint density at radius 2 is 2.00 bits per heavy atom. The molecule has 0 saturated heterocycles. The SMILES string of the molecule is C/C=c1/on(Cc2ccccc2)c(=O)/c1=C/N(C)C=O. The fourth-order valence-corrected chi connectivity index (χ4v) is 1.86. The van der Waals surface area contributed by atoms with Crippen molar-refractivity contribution in [2.75, 3.05) is 7.05 Å². The number of rotatable bonds is 4. The van der Waals surface area contributed by atoms with Crippen molar-refractivity contribution in [2.45, 2.75) is 13.5 Å². The second-order valence-electron chi connectivity index (χ2n) is 4.39. The number of hydrogen-bond donors (Lipinski definition) is 0. The van der Waals surface area contributed by atoms with Crippen molar-refractivity contribution in [2.24, 2.45) is 0 Å². The molecule has 104 valence electrons. The molecule has 0 aliphatic heterocycles. The first-order chi connectivity index (χ1) is 9.65. The zero-order valence-corrected chi connectivity index (χ0v) is 11.4. The van der Waals surface area contributed by atoms with E-state index in [2.05, 4.69) is 0 Å². The lowest BCUT2D eigenvalue weighted by molar-refractivity contribution is -0.114. The van der Waals surface area contributed by atoms with E-state index in [0.717, 1.165) is 5.56 Å². The van der Waals surface area contributed by atoms with E-state index in [9.17, 15) is 9.59 Å². The molecule has 0 aliphatic carbocycles. The van der Waals surface area contributed by atoms with Crippen LogP contribution in [0, 0.1) is 0 Å². The van der Waals surface area contributed by atoms with E-state index in [1.807, 2.05) is 30.3 Å². The Labute approximate surface area is 116 Å². The predicted octanol–water partition coefficient (Wildman–Crippen LogP) is 0.116. The quantitative estimate of drug-likeness (QED) is 0.743. The Hall–Kier alpha value is -2.56. The van der Waals surface area contributed by atoms with Gasteiger partial charge >= 0.3 is 0 Å². The summed E-state index contributed by atoms with van der Waals surface area (Å²) >= 11 is 0. The zero-order chi connectivity index (χ0) is 14.5. The Balaban J connectivity index is 2.51. The van der Waals surface area contributed by atoms with Gasteiger partial charge in [0.25, 0.3) is 5.56 Å². The highest BCUT2D eigenvalue weighted by Gasteiger charge is 2.06. The van der Waals surface area contributed by atoms with Crippen molar-refractivity contribution in [3.8, 4) is 0 Å². The zero-order valence-electron chi connectivity index (χ0n) is 11.4. The number of amides is 1. The van der Waals surface area contributed by atoms with Crippen molar-refractivity contribution in [1.82, 2.24) is 9.64 Å². The van der Waals surface area contributed by atoms with Crippen molar-refractivity contribution in [3.05, 3.63) is 56.9 Å². The van der Waals surface area contributed by atoms with Crippen LogP contribution >= 0.6 is 0 Å². The topological polar surface area (TPSA) is 55.5 Å². The van der Waals surface area contributed by atoms with Crippen LogP contribution in [-0.2, 0) is 11.3 Å². The molecule has 0 unspecified atom stereocenters. The first-order valence-corrected chi connectivity index (χ1v) is 6.25. The molecule has 2 rings (SSSR count). The second-order valence-corrected chi connectivity index (χ2v) is 4.39. The van der Waals surface area contributed by atoms with Crippen LogP contribution in [0.4, 0.5) is 0 Å². The molecular weight excluding hydrogens is 256 g/mol. The third kappa shape index (κ3) is 2.88. The molecule has 2 aromatic rings. The van der Waals surface area contributed by atoms with Gasteiger partial charge in [0.15, 0.2) is 5.42 Å². The molecule has 20 heavy (non-hydrogen) atoms. The van der Waals surface area contributed by atoms with Gasteiger partial charge in [-0.25, -0.2) is 0 Å². The van der Waals surface area contributed by atoms with Gasteiger partial charge in [0.1, 0.15) is 5.22 Å². The molecule has 1 aromatic heterocycles. The molecule has 0 bridgehead atoms. The summed E-state index contributed by atoms with van der Waals surface area (Å²) < 4.78 is 6.81. The monoisotopic (exact) mass is 272 g/mol. The Kier molecular flexibility index (Phi) is 4.20. The lowest BCUT2D eigenvalue weighted by Crippen LogP contribution is -2.37. The van der Waals surface area contributed by atoms with Crippen LogP contribution in [0.3, 0.4) is 0 Å². The van der Waals surface area contributed by atoms with Gasteiger partial charge in [-0.05, 0) is 18.6 Å². The lowest BCUT2D eigenvalue weighted by atomic mass is 10.2. The van der Waals surface area contributed by atoms with Gasteiger partial charge in [0.05, 0.1) is 6.54 Å². The average Bonchev–Trinajstić information content (AvgIpc) is 2.77. The van der Waals surface area contributed by atoms with Crippen LogP contribution in [0.15, 0.2) is 39.6 Å². The number of hydrogen-bond acceptors (Lipinski definition) is 3. The molecule has 0 spiro atoms. The van der Waals surface area contributed by atoms with Crippen molar-refractivity contribution < 1.29 is 9.32 Å². The summed E-state index contributed by atoms with van der Waals surface area (Å²) in [6.45, 7) is 2.14. The molecule has 0 aliphatic rings. The molecule has 5 heteroatoms. The summed E-state index contributed by atoms with van der Waals surface area (Å²) in [6, 6.07) is 9.57. The molecule has 0 N–H and O–H groups in total.